The van der Waals surface area contributed by atoms with Crippen LogP contribution in [0.1, 0.15) is 40.7 Å². The van der Waals surface area contributed by atoms with Gasteiger partial charge in [0, 0.05) is 37.6 Å². The molecule has 1 amide bonds. The zero-order valence-electron chi connectivity index (χ0n) is 21.5. The molecule has 1 saturated heterocycles. The van der Waals surface area contributed by atoms with Crippen molar-refractivity contribution < 1.29 is 19.1 Å². The molecular weight excluding hydrogens is 468 g/mol. The highest BCUT2D eigenvalue weighted by atomic mass is 16.5. The largest absolute Gasteiger partial charge is 0.469 e. The number of benzene rings is 1. The van der Waals surface area contributed by atoms with E-state index in [1.54, 1.807) is 11.1 Å². The fraction of sp³-hybridized carbons (Fsp3) is 0.345. The van der Waals surface area contributed by atoms with E-state index in [4.69, 9.17) is 9.47 Å². The summed E-state index contributed by atoms with van der Waals surface area (Å²) in [7, 11) is 1.38. The number of amides is 1. The Balaban J connectivity index is 1.65. The summed E-state index contributed by atoms with van der Waals surface area (Å²) >= 11 is 0. The predicted octanol–water partition coefficient (Wildman–Crippen LogP) is 4.61. The fourth-order valence-corrected chi connectivity index (χ4v) is 5.09. The molecule has 8 nitrogen and oxygen atoms in total. The predicted molar refractivity (Wildman–Crippen MR) is 143 cm³/mol. The number of carbonyl (C=O) groups excluding carboxylic acids is 2. The minimum Gasteiger partial charge on any atom is -0.469 e. The zero-order chi connectivity index (χ0) is 25.9. The molecule has 3 aromatic rings. The van der Waals surface area contributed by atoms with Gasteiger partial charge in [0.25, 0.3) is 5.91 Å². The minimum absolute atomic E-state index is 0.160. The number of ether oxygens (including phenoxy) is 2. The summed E-state index contributed by atoms with van der Waals surface area (Å²) in [6, 6.07) is 9.69. The van der Waals surface area contributed by atoms with Crippen LogP contribution in [0.4, 0.5) is 0 Å². The number of aromatic nitrogens is 2. The van der Waals surface area contributed by atoms with E-state index in [1.165, 1.54) is 7.11 Å². The first kappa shape index (κ1) is 24.8. The van der Waals surface area contributed by atoms with Gasteiger partial charge in [0.1, 0.15) is 16.8 Å². The lowest BCUT2D eigenvalue weighted by atomic mass is 10.1. The molecule has 8 heteroatoms. The second-order valence-corrected chi connectivity index (χ2v) is 9.52. The van der Waals surface area contributed by atoms with Crippen molar-refractivity contribution in [2.45, 2.75) is 39.2 Å². The molecule has 2 aliphatic rings. The van der Waals surface area contributed by atoms with Crippen LogP contribution in [-0.2, 0) is 9.53 Å². The third-order valence-electron chi connectivity index (χ3n) is 6.96. The van der Waals surface area contributed by atoms with Crippen LogP contribution in [-0.4, -0.2) is 59.1 Å². The van der Waals surface area contributed by atoms with E-state index in [-0.39, 0.29) is 24.3 Å². The van der Waals surface area contributed by atoms with Crippen LogP contribution in [0.5, 0.6) is 11.6 Å². The summed E-state index contributed by atoms with van der Waals surface area (Å²) in [4.78, 5) is 32.5. The number of fused-ring (bicyclic) bond motifs is 1. The third kappa shape index (κ3) is 4.89. The van der Waals surface area contributed by atoms with Gasteiger partial charge in [0.15, 0.2) is 0 Å². The van der Waals surface area contributed by atoms with Gasteiger partial charge in [-0.1, -0.05) is 30.4 Å². The van der Waals surface area contributed by atoms with Crippen LogP contribution in [0, 0.1) is 13.8 Å². The Morgan fingerprint density at radius 3 is 2.70 bits per heavy atom. The molecule has 5 rings (SSSR count). The maximum absolute atomic E-state index is 14.2. The molecule has 1 unspecified atom stereocenters. The van der Waals surface area contributed by atoms with Crippen LogP contribution in [0.15, 0.2) is 54.8 Å². The van der Waals surface area contributed by atoms with Gasteiger partial charge in [-0.15, -0.1) is 0 Å². The second-order valence-electron chi connectivity index (χ2n) is 9.52. The van der Waals surface area contributed by atoms with Gasteiger partial charge in [-0.2, -0.15) is 0 Å². The SMILES string of the molecule is COC(=O)CC1CN(C(=O)c2c(Oc3c(C)cccc3C)n(C3=CC=CCC3)c3cccnc23)CCN1. The first-order chi connectivity index (χ1) is 18.0. The highest BCUT2D eigenvalue weighted by Gasteiger charge is 2.33. The summed E-state index contributed by atoms with van der Waals surface area (Å²) < 4.78 is 13.6. The Bertz CT molecular complexity index is 1380. The minimum atomic E-state index is -0.304. The maximum Gasteiger partial charge on any atom is 0.307 e. The number of allylic oxidation sites excluding steroid dienone is 4. The smallest absolute Gasteiger partial charge is 0.307 e. The molecule has 1 atom stereocenters. The number of hydrogen-bond acceptors (Lipinski definition) is 6. The average Bonchev–Trinajstić information content (AvgIpc) is 3.24. The Morgan fingerprint density at radius 2 is 1.97 bits per heavy atom. The quantitative estimate of drug-likeness (QED) is 0.498. The number of rotatable bonds is 6. The lowest BCUT2D eigenvalue weighted by Gasteiger charge is -2.33. The average molecular weight is 501 g/mol. The summed E-state index contributed by atoms with van der Waals surface area (Å²) in [5.41, 5.74) is 4.89. The standard InChI is InChI=1S/C29H32N4O4/c1-19-9-7-10-20(2)27(19)37-29-25(28(35)32-16-15-30-21(18-32)17-24(34)36-3)26-23(13-8-14-31-26)33(29)22-11-5-4-6-12-22/h4-5,7-11,13-14,21,30H,6,12,15-18H2,1-3H3. The number of esters is 1. The maximum atomic E-state index is 14.2. The Labute approximate surface area is 216 Å². The normalized spacial score (nSPS) is 17.5. The van der Waals surface area contributed by atoms with Gasteiger partial charge in [-0.3, -0.25) is 19.1 Å². The first-order valence-corrected chi connectivity index (χ1v) is 12.7. The molecule has 0 saturated carbocycles. The lowest BCUT2D eigenvalue weighted by molar-refractivity contribution is -0.141. The van der Waals surface area contributed by atoms with E-state index in [1.807, 2.05) is 54.8 Å². The number of nitrogens with zero attached hydrogens (tertiary/aromatic N) is 3. The third-order valence-corrected chi connectivity index (χ3v) is 6.96. The molecule has 3 heterocycles. The number of hydrogen-bond donors (Lipinski definition) is 1. The van der Waals surface area contributed by atoms with Gasteiger partial charge in [-0.05, 0) is 56.0 Å². The number of pyridine rings is 1. The zero-order valence-corrected chi connectivity index (χ0v) is 21.5. The van der Waals surface area contributed by atoms with E-state index in [0.717, 1.165) is 40.9 Å². The Hall–Kier alpha value is -3.91. The highest BCUT2D eigenvalue weighted by molar-refractivity contribution is 6.09. The molecule has 0 bridgehead atoms. The molecule has 0 spiro atoms. The second kappa shape index (κ2) is 10.6. The number of para-hydroxylation sites is 1. The first-order valence-electron chi connectivity index (χ1n) is 12.7. The molecule has 1 aromatic carbocycles. The molecular formula is C29H32N4O4. The van der Waals surface area contributed by atoms with Crippen LogP contribution in [0.3, 0.4) is 0 Å². The van der Waals surface area contributed by atoms with E-state index in [2.05, 4.69) is 22.5 Å². The van der Waals surface area contributed by atoms with Crippen molar-refractivity contribution in [2.75, 3.05) is 26.7 Å². The van der Waals surface area contributed by atoms with Crippen molar-refractivity contribution in [3.8, 4) is 11.6 Å². The topological polar surface area (TPSA) is 85.7 Å². The molecule has 1 aliphatic heterocycles. The van der Waals surface area contributed by atoms with Crippen molar-refractivity contribution in [2.24, 2.45) is 0 Å². The Morgan fingerprint density at radius 1 is 1.16 bits per heavy atom. The monoisotopic (exact) mass is 500 g/mol. The van der Waals surface area contributed by atoms with Gasteiger partial charge >= 0.3 is 5.97 Å². The van der Waals surface area contributed by atoms with E-state index in [0.29, 0.717) is 36.6 Å². The molecule has 1 aliphatic carbocycles. The summed E-state index contributed by atoms with van der Waals surface area (Å²) in [6.45, 7) is 5.51. The van der Waals surface area contributed by atoms with Crippen LogP contribution >= 0.6 is 0 Å². The van der Waals surface area contributed by atoms with Gasteiger partial charge < -0.3 is 19.7 Å². The van der Waals surface area contributed by atoms with E-state index < -0.39 is 0 Å². The molecule has 2 aromatic heterocycles. The molecule has 1 fully saturated rings. The van der Waals surface area contributed by atoms with Crippen molar-refractivity contribution in [1.82, 2.24) is 19.8 Å². The number of piperazine rings is 1. The fourth-order valence-electron chi connectivity index (χ4n) is 5.09. The number of carbonyl (C=O) groups is 2. The van der Waals surface area contributed by atoms with Crippen LogP contribution < -0.4 is 10.1 Å². The van der Waals surface area contributed by atoms with Gasteiger partial charge in [0.05, 0.1) is 19.0 Å². The number of nitrogens with one attached hydrogen (secondary N) is 1. The number of aryl methyl sites for hydroxylation is 2. The lowest BCUT2D eigenvalue weighted by Crippen LogP contribution is -2.53. The molecule has 192 valence electrons. The number of methoxy groups -OCH3 is 1. The van der Waals surface area contributed by atoms with Gasteiger partial charge in [-0.25, -0.2) is 0 Å². The van der Waals surface area contributed by atoms with Gasteiger partial charge in [0.2, 0.25) is 5.88 Å². The van der Waals surface area contributed by atoms with Crippen molar-refractivity contribution in [3.05, 3.63) is 71.4 Å². The van der Waals surface area contributed by atoms with Crippen LogP contribution in [0.25, 0.3) is 16.7 Å². The van der Waals surface area contributed by atoms with E-state index >= 15 is 0 Å². The highest BCUT2D eigenvalue weighted by Crippen LogP contribution is 2.40. The summed E-state index contributed by atoms with van der Waals surface area (Å²) in [5, 5.41) is 3.32. The molecule has 1 N–H and O–H groups in total. The van der Waals surface area contributed by atoms with Crippen molar-refractivity contribution in [3.63, 3.8) is 0 Å². The summed E-state index contributed by atoms with van der Waals surface area (Å²) in [5.74, 6) is 0.741. The van der Waals surface area contributed by atoms with Crippen molar-refractivity contribution >= 4 is 28.6 Å². The Kier molecular flexibility index (Phi) is 7.10. The van der Waals surface area contributed by atoms with E-state index in [9.17, 15) is 9.59 Å². The van der Waals surface area contributed by atoms with Crippen molar-refractivity contribution in [1.29, 1.82) is 0 Å². The van der Waals surface area contributed by atoms with Crippen LogP contribution in [0.2, 0.25) is 0 Å². The molecule has 37 heavy (non-hydrogen) atoms. The molecule has 0 radical (unpaired) electrons. The summed E-state index contributed by atoms with van der Waals surface area (Å²) in [6.07, 6.45) is 9.88.